The molecule has 0 aromatic heterocycles. The first-order valence-electron chi connectivity index (χ1n) is 6.65. The quantitative estimate of drug-likeness (QED) is 0.755. The van der Waals surface area contributed by atoms with Gasteiger partial charge in [-0.05, 0) is 34.4 Å². The Morgan fingerprint density at radius 2 is 1.44 bits per heavy atom. The highest BCUT2D eigenvalue weighted by molar-refractivity contribution is 5.78. The highest BCUT2D eigenvalue weighted by Crippen LogP contribution is 2.34. The maximum Gasteiger partial charge on any atom is 0.134 e. The van der Waals surface area contributed by atoms with Crippen molar-refractivity contribution in [3.8, 4) is 0 Å². The summed E-state index contributed by atoms with van der Waals surface area (Å²) in [6.45, 7) is 15.1. The highest BCUT2D eigenvalue weighted by Gasteiger charge is 2.25. The average molecular weight is 246 g/mol. The molecule has 1 aromatic carbocycles. The number of ketones is 1. The van der Waals surface area contributed by atoms with Gasteiger partial charge in [0.2, 0.25) is 0 Å². The van der Waals surface area contributed by atoms with Gasteiger partial charge in [-0.1, -0.05) is 59.7 Å². The van der Waals surface area contributed by atoms with Gasteiger partial charge < -0.3 is 0 Å². The van der Waals surface area contributed by atoms with E-state index in [0.717, 1.165) is 5.56 Å². The van der Waals surface area contributed by atoms with Gasteiger partial charge in [0.1, 0.15) is 5.78 Å². The molecule has 0 aliphatic carbocycles. The van der Waals surface area contributed by atoms with Crippen molar-refractivity contribution < 1.29 is 4.79 Å². The van der Waals surface area contributed by atoms with E-state index in [1.807, 2.05) is 0 Å². The molecule has 0 fully saturated rings. The molecular formula is C17H26O. The Labute approximate surface area is 112 Å². The van der Waals surface area contributed by atoms with Crippen molar-refractivity contribution in [3.05, 3.63) is 34.9 Å². The molecule has 1 nitrogen and oxygen atoms in total. The lowest BCUT2D eigenvalue weighted by Gasteiger charge is -2.30. The zero-order chi connectivity index (χ0) is 14.1. The second-order valence-corrected chi connectivity index (χ2v) is 7.26. The van der Waals surface area contributed by atoms with Gasteiger partial charge in [-0.15, -0.1) is 0 Å². The molecule has 0 aliphatic rings. The first kappa shape index (κ1) is 14.9. The average Bonchev–Trinajstić information content (AvgIpc) is 2.13. The molecule has 0 saturated carbocycles. The largest absolute Gasteiger partial charge is 0.300 e. The summed E-state index contributed by atoms with van der Waals surface area (Å²) in [5, 5.41) is 0. The highest BCUT2D eigenvalue weighted by atomic mass is 16.1. The van der Waals surface area contributed by atoms with E-state index in [4.69, 9.17) is 0 Å². The number of benzene rings is 1. The lowest BCUT2D eigenvalue weighted by atomic mass is 9.74. The van der Waals surface area contributed by atoms with Crippen LogP contribution in [0.1, 0.15) is 65.2 Å². The van der Waals surface area contributed by atoms with Crippen molar-refractivity contribution in [3.63, 3.8) is 0 Å². The molecule has 1 heteroatoms. The Kier molecular flexibility index (Phi) is 4.05. The maximum absolute atomic E-state index is 11.3. The third-order valence-electron chi connectivity index (χ3n) is 3.15. The molecule has 18 heavy (non-hydrogen) atoms. The predicted molar refractivity (Wildman–Crippen MR) is 78.2 cm³/mol. The van der Waals surface area contributed by atoms with Gasteiger partial charge in [-0.3, -0.25) is 4.79 Å². The normalized spacial score (nSPS) is 12.6. The minimum absolute atomic E-state index is 0.107. The van der Waals surface area contributed by atoms with E-state index in [9.17, 15) is 4.79 Å². The van der Waals surface area contributed by atoms with E-state index in [0.29, 0.717) is 6.42 Å². The van der Waals surface area contributed by atoms with Crippen molar-refractivity contribution in [2.75, 3.05) is 0 Å². The summed E-state index contributed by atoms with van der Waals surface area (Å²) < 4.78 is 0. The zero-order valence-corrected chi connectivity index (χ0v) is 12.8. The van der Waals surface area contributed by atoms with E-state index in [1.54, 1.807) is 6.92 Å². The SMILES string of the molecule is CC(=O)Cc1ccc(C(C)(C)C)c(C(C)(C)C)c1. The van der Waals surface area contributed by atoms with Crippen LogP contribution in [0.25, 0.3) is 0 Å². The predicted octanol–water partition coefficient (Wildman–Crippen LogP) is 4.41. The topological polar surface area (TPSA) is 17.1 Å². The smallest absolute Gasteiger partial charge is 0.134 e. The molecule has 0 amide bonds. The van der Waals surface area contributed by atoms with E-state index < -0.39 is 0 Å². The Morgan fingerprint density at radius 1 is 0.944 bits per heavy atom. The third-order valence-corrected chi connectivity index (χ3v) is 3.15. The lowest BCUT2D eigenvalue weighted by Crippen LogP contribution is -2.22. The van der Waals surface area contributed by atoms with Crippen LogP contribution in [-0.2, 0) is 22.0 Å². The van der Waals surface area contributed by atoms with Crippen molar-refractivity contribution in [1.82, 2.24) is 0 Å². The molecular weight excluding hydrogens is 220 g/mol. The summed E-state index contributed by atoms with van der Waals surface area (Å²) in [5.41, 5.74) is 4.10. The fourth-order valence-corrected chi connectivity index (χ4v) is 2.26. The first-order chi connectivity index (χ1) is 8.01. The molecule has 0 radical (unpaired) electrons. The summed E-state index contributed by atoms with van der Waals surface area (Å²) in [5.74, 6) is 0.221. The first-order valence-corrected chi connectivity index (χ1v) is 6.65. The van der Waals surface area contributed by atoms with Crippen LogP contribution < -0.4 is 0 Å². The second-order valence-electron chi connectivity index (χ2n) is 7.26. The lowest BCUT2D eigenvalue weighted by molar-refractivity contribution is -0.116. The summed E-state index contributed by atoms with van der Waals surface area (Å²) in [6, 6.07) is 6.50. The summed E-state index contributed by atoms with van der Waals surface area (Å²) >= 11 is 0. The Morgan fingerprint density at radius 3 is 1.83 bits per heavy atom. The van der Waals surface area contributed by atoms with Gasteiger partial charge in [0, 0.05) is 6.42 Å². The van der Waals surface area contributed by atoms with Crippen LogP contribution in [0.5, 0.6) is 0 Å². The molecule has 100 valence electrons. The van der Waals surface area contributed by atoms with Crippen LogP contribution in [0.2, 0.25) is 0 Å². The van der Waals surface area contributed by atoms with Crippen LogP contribution in [0.15, 0.2) is 18.2 Å². The van der Waals surface area contributed by atoms with Crippen molar-refractivity contribution in [2.24, 2.45) is 0 Å². The molecule has 0 aliphatic heterocycles. The van der Waals surface area contributed by atoms with Gasteiger partial charge in [-0.2, -0.15) is 0 Å². The van der Waals surface area contributed by atoms with Gasteiger partial charge >= 0.3 is 0 Å². The second kappa shape index (κ2) is 4.87. The van der Waals surface area contributed by atoms with Gasteiger partial charge in [-0.25, -0.2) is 0 Å². The van der Waals surface area contributed by atoms with E-state index >= 15 is 0 Å². The van der Waals surface area contributed by atoms with Crippen LogP contribution in [0, 0.1) is 0 Å². The molecule has 0 unspecified atom stereocenters. The third kappa shape index (κ3) is 3.69. The van der Waals surface area contributed by atoms with Gasteiger partial charge in [0.15, 0.2) is 0 Å². The number of carbonyl (C=O) groups excluding carboxylic acids is 1. The number of hydrogen-bond donors (Lipinski definition) is 0. The van der Waals surface area contributed by atoms with Crippen LogP contribution in [-0.4, -0.2) is 5.78 Å². The molecule has 1 rings (SSSR count). The number of carbonyl (C=O) groups is 1. The molecule has 0 heterocycles. The van der Waals surface area contributed by atoms with Crippen molar-refractivity contribution >= 4 is 5.78 Å². The van der Waals surface area contributed by atoms with Crippen LogP contribution in [0.4, 0.5) is 0 Å². The van der Waals surface area contributed by atoms with E-state index in [-0.39, 0.29) is 16.6 Å². The Balaban J connectivity index is 3.35. The standard InChI is InChI=1S/C17H26O/c1-12(18)10-13-8-9-14(16(2,3)4)15(11-13)17(5,6)7/h8-9,11H,10H2,1-7H3. The fourth-order valence-electron chi connectivity index (χ4n) is 2.26. The maximum atomic E-state index is 11.3. The van der Waals surface area contributed by atoms with Gasteiger partial charge in [0.25, 0.3) is 0 Å². The Hall–Kier alpha value is -1.11. The Bertz CT molecular complexity index is 442. The van der Waals surface area contributed by atoms with Gasteiger partial charge in [0.05, 0.1) is 0 Å². The molecule has 0 atom stereocenters. The summed E-state index contributed by atoms with van der Waals surface area (Å²) in [6.07, 6.45) is 0.535. The van der Waals surface area contributed by atoms with Crippen molar-refractivity contribution in [1.29, 1.82) is 0 Å². The minimum atomic E-state index is 0.107. The monoisotopic (exact) mass is 246 g/mol. The van der Waals surface area contributed by atoms with E-state index in [1.165, 1.54) is 11.1 Å². The summed E-state index contributed by atoms with van der Waals surface area (Å²) in [4.78, 5) is 11.3. The number of rotatable bonds is 2. The summed E-state index contributed by atoms with van der Waals surface area (Å²) in [7, 11) is 0. The van der Waals surface area contributed by atoms with Crippen LogP contribution >= 0.6 is 0 Å². The van der Waals surface area contributed by atoms with E-state index in [2.05, 4.69) is 59.7 Å². The zero-order valence-electron chi connectivity index (χ0n) is 12.8. The molecule has 0 bridgehead atoms. The van der Waals surface area contributed by atoms with Crippen LogP contribution in [0.3, 0.4) is 0 Å². The number of hydrogen-bond acceptors (Lipinski definition) is 1. The molecule has 0 saturated heterocycles. The number of Topliss-reactive ketones (excluding diaryl/α,β-unsaturated/α-hetero) is 1. The molecule has 0 spiro atoms. The van der Waals surface area contributed by atoms with Crippen molar-refractivity contribution in [2.45, 2.75) is 65.7 Å². The molecule has 0 N–H and O–H groups in total. The minimum Gasteiger partial charge on any atom is -0.300 e. The fraction of sp³-hybridized carbons (Fsp3) is 0.588. The molecule has 1 aromatic rings.